The molecule has 0 radical (unpaired) electrons. The van der Waals surface area contributed by atoms with Crippen LogP contribution in [0.25, 0.3) is 6.08 Å². The van der Waals surface area contributed by atoms with Crippen molar-refractivity contribution < 1.29 is 13.2 Å². The minimum atomic E-state index is -3.19. The maximum atomic E-state index is 12.4. The highest BCUT2D eigenvalue weighted by atomic mass is 79.9. The van der Waals surface area contributed by atoms with Gasteiger partial charge in [-0.2, -0.15) is 0 Å². The van der Waals surface area contributed by atoms with Crippen LogP contribution in [0.5, 0.6) is 0 Å². The van der Waals surface area contributed by atoms with Crippen molar-refractivity contribution in [3.8, 4) is 0 Å². The molecular formula is C19H18BrClN2O3S. The largest absolute Gasteiger partial charge is 0.310 e. The Morgan fingerprint density at radius 2 is 1.93 bits per heavy atom. The summed E-state index contributed by atoms with van der Waals surface area (Å²) in [6.45, 7) is 0.509. The number of anilines is 2. The standard InChI is InChI=1S/C19H18BrClN2O3S/c1-22(18-9-6-15(20)13-17(18)21)19(24)10-5-14-3-7-16(8-4-14)23-11-2-12-27(23,25)26/h3-10,13H,2,11-12H2,1H3/b10-5+. The average Bonchev–Trinajstić information content (AvgIpc) is 2.98. The summed E-state index contributed by atoms with van der Waals surface area (Å²) < 4.78 is 26.2. The van der Waals surface area contributed by atoms with Crippen LogP contribution >= 0.6 is 27.5 Å². The van der Waals surface area contributed by atoms with Crippen LogP contribution in [0.15, 0.2) is 53.0 Å². The molecule has 0 bridgehead atoms. The molecule has 1 aliphatic rings. The van der Waals surface area contributed by atoms with Gasteiger partial charge in [-0.25, -0.2) is 8.42 Å². The molecule has 8 heteroatoms. The molecule has 0 aromatic heterocycles. The van der Waals surface area contributed by atoms with E-state index in [2.05, 4.69) is 15.9 Å². The fraction of sp³-hybridized carbons (Fsp3) is 0.211. The molecule has 0 spiro atoms. The van der Waals surface area contributed by atoms with Gasteiger partial charge in [0.2, 0.25) is 10.0 Å². The molecule has 0 atom stereocenters. The second kappa shape index (κ2) is 8.04. The van der Waals surface area contributed by atoms with Crippen molar-refractivity contribution in [1.29, 1.82) is 0 Å². The Balaban J connectivity index is 1.71. The maximum Gasteiger partial charge on any atom is 0.250 e. The number of likely N-dealkylation sites (N-methyl/N-ethyl adjacent to an activating group) is 1. The Morgan fingerprint density at radius 3 is 2.52 bits per heavy atom. The second-order valence-electron chi connectivity index (χ2n) is 6.16. The minimum absolute atomic E-state index is 0.189. The van der Waals surface area contributed by atoms with Crippen LogP contribution in [-0.4, -0.2) is 33.7 Å². The van der Waals surface area contributed by atoms with Crippen molar-refractivity contribution in [1.82, 2.24) is 0 Å². The third kappa shape index (κ3) is 4.54. The van der Waals surface area contributed by atoms with Crippen molar-refractivity contribution in [2.24, 2.45) is 0 Å². The molecule has 0 N–H and O–H groups in total. The van der Waals surface area contributed by atoms with Gasteiger partial charge < -0.3 is 4.90 Å². The lowest BCUT2D eigenvalue weighted by molar-refractivity contribution is -0.113. The number of amides is 1. The molecule has 1 amide bonds. The zero-order valence-corrected chi connectivity index (χ0v) is 17.8. The summed E-state index contributed by atoms with van der Waals surface area (Å²) in [7, 11) is -1.53. The maximum absolute atomic E-state index is 12.4. The Labute approximate surface area is 172 Å². The third-order valence-electron chi connectivity index (χ3n) is 4.30. The number of sulfonamides is 1. The normalized spacial score (nSPS) is 16.0. The van der Waals surface area contributed by atoms with Gasteiger partial charge in [-0.15, -0.1) is 0 Å². The SMILES string of the molecule is CN(C(=O)/C=C/c1ccc(N2CCCS2(=O)=O)cc1)c1ccc(Br)cc1Cl. The molecule has 0 saturated carbocycles. The van der Waals surface area contributed by atoms with E-state index in [9.17, 15) is 13.2 Å². The first kappa shape index (κ1) is 19.9. The molecule has 0 unspecified atom stereocenters. The van der Waals surface area contributed by atoms with Crippen molar-refractivity contribution in [3.63, 3.8) is 0 Å². The van der Waals surface area contributed by atoms with Gasteiger partial charge in [-0.3, -0.25) is 9.10 Å². The predicted molar refractivity (Wildman–Crippen MR) is 114 cm³/mol. The molecule has 0 aliphatic carbocycles. The van der Waals surface area contributed by atoms with Crippen molar-refractivity contribution in [2.45, 2.75) is 6.42 Å². The molecule has 1 fully saturated rings. The highest BCUT2D eigenvalue weighted by Crippen LogP contribution is 2.28. The molecule has 2 aromatic carbocycles. The summed E-state index contributed by atoms with van der Waals surface area (Å²) in [6.07, 6.45) is 3.79. The van der Waals surface area contributed by atoms with Crippen molar-refractivity contribution in [3.05, 3.63) is 63.6 Å². The molecule has 1 aliphatic heterocycles. The van der Waals surface area contributed by atoms with E-state index in [0.29, 0.717) is 29.4 Å². The fourth-order valence-corrected chi connectivity index (χ4v) is 5.20. The quantitative estimate of drug-likeness (QED) is 0.627. The highest BCUT2D eigenvalue weighted by Gasteiger charge is 2.28. The molecule has 5 nitrogen and oxygen atoms in total. The molecule has 1 saturated heterocycles. The Morgan fingerprint density at radius 1 is 1.22 bits per heavy atom. The van der Waals surface area contributed by atoms with E-state index in [-0.39, 0.29) is 11.7 Å². The number of nitrogens with zero attached hydrogens (tertiary/aromatic N) is 2. The van der Waals surface area contributed by atoms with Gasteiger partial charge in [0.15, 0.2) is 0 Å². The summed E-state index contributed by atoms with van der Waals surface area (Å²) in [5.74, 6) is -0.0286. The summed E-state index contributed by atoms with van der Waals surface area (Å²) in [5.41, 5.74) is 2.07. The third-order valence-corrected chi connectivity index (χ3v) is 6.97. The average molecular weight is 470 g/mol. The van der Waals surface area contributed by atoms with Crippen LogP contribution in [0.4, 0.5) is 11.4 Å². The van der Waals surface area contributed by atoms with Gasteiger partial charge in [0, 0.05) is 24.1 Å². The van der Waals surface area contributed by atoms with E-state index in [4.69, 9.17) is 11.6 Å². The molecule has 27 heavy (non-hydrogen) atoms. The van der Waals surface area contributed by atoms with Gasteiger partial charge in [-0.1, -0.05) is 39.7 Å². The number of halogens is 2. The predicted octanol–water partition coefficient (Wildman–Crippen LogP) is 4.32. The smallest absolute Gasteiger partial charge is 0.250 e. The highest BCUT2D eigenvalue weighted by molar-refractivity contribution is 9.10. The number of rotatable bonds is 4. The summed E-state index contributed by atoms with van der Waals surface area (Å²) in [4.78, 5) is 13.9. The summed E-state index contributed by atoms with van der Waals surface area (Å²) in [5, 5.41) is 0.477. The van der Waals surface area contributed by atoms with E-state index >= 15 is 0 Å². The van der Waals surface area contributed by atoms with Crippen molar-refractivity contribution >= 4 is 60.9 Å². The Kier molecular flexibility index (Phi) is 5.93. The molecule has 1 heterocycles. The molecular weight excluding hydrogens is 452 g/mol. The zero-order chi connectivity index (χ0) is 19.6. The number of hydrogen-bond acceptors (Lipinski definition) is 3. The lowest BCUT2D eigenvalue weighted by Gasteiger charge is -2.17. The van der Waals surface area contributed by atoms with Crippen molar-refractivity contribution in [2.75, 3.05) is 28.6 Å². The monoisotopic (exact) mass is 468 g/mol. The van der Waals surface area contributed by atoms with Crippen LogP contribution in [-0.2, 0) is 14.8 Å². The van der Waals surface area contributed by atoms with Gasteiger partial charge >= 0.3 is 0 Å². The molecule has 142 valence electrons. The lowest BCUT2D eigenvalue weighted by Crippen LogP contribution is -2.24. The van der Waals surface area contributed by atoms with Crippen LogP contribution in [0.2, 0.25) is 5.02 Å². The zero-order valence-electron chi connectivity index (χ0n) is 14.6. The fourth-order valence-electron chi connectivity index (χ4n) is 2.83. The van der Waals surface area contributed by atoms with E-state index in [1.54, 1.807) is 49.5 Å². The van der Waals surface area contributed by atoms with E-state index in [1.807, 2.05) is 6.07 Å². The van der Waals surface area contributed by atoms with E-state index < -0.39 is 10.0 Å². The topological polar surface area (TPSA) is 57.7 Å². The number of carbonyl (C=O) groups excluding carboxylic acids is 1. The van der Waals surface area contributed by atoms with Gasteiger partial charge in [0.1, 0.15) is 0 Å². The minimum Gasteiger partial charge on any atom is -0.310 e. The van der Waals surface area contributed by atoms with Gasteiger partial charge in [0.05, 0.1) is 22.2 Å². The number of hydrogen-bond donors (Lipinski definition) is 0. The van der Waals surface area contributed by atoms with Crippen LogP contribution in [0.1, 0.15) is 12.0 Å². The Hall–Kier alpha value is -1.83. The first-order chi connectivity index (χ1) is 12.8. The van der Waals surface area contributed by atoms with Gasteiger partial charge in [0.25, 0.3) is 5.91 Å². The molecule has 3 rings (SSSR count). The second-order valence-corrected chi connectivity index (χ2v) is 9.50. The number of carbonyl (C=O) groups is 1. The van der Waals surface area contributed by atoms with Crippen LogP contribution < -0.4 is 9.21 Å². The summed E-state index contributed by atoms with van der Waals surface area (Å²) in [6, 6.07) is 12.4. The van der Waals surface area contributed by atoms with E-state index in [0.717, 1.165) is 10.0 Å². The van der Waals surface area contributed by atoms with Crippen LogP contribution in [0, 0.1) is 0 Å². The lowest BCUT2D eigenvalue weighted by atomic mass is 10.2. The first-order valence-electron chi connectivity index (χ1n) is 8.29. The summed E-state index contributed by atoms with van der Waals surface area (Å²) >= 11 is 9.52. The molecule has 2 aromatic rings. The van der Waals surface area contributed by atoms with Gasteiger partial charge in [-0.05, 0) is 48.4 Å². The Bertz CT molecular complexity index is 991. The number of benzene rings is 2. The van der Waals surface area contributed by atoms with E-state index in [1.165, 1.54) is 15.3 Å². The van der Waals surface area contributed by atoms with Crippen LogP contribution in [0.3, 0.4) is 0 Å². The first-order valence-corrected chi connectivity index (χ1v) is 11.1.